The molecule has 0 saturated carbocycles. The minimum absolute atomic E-state index is 0.0220. The Morgan fingerprint density at radius 2 is 1.89 bits per heavy atom. The number of hydrogen-bond acceptors (Lipinski definition) is 6. The van der Waals surface area contributed by atoms with Crippen molar-refractivity contribution in [2.24, 2.45) is 7.05 Å². The maximum atomic E-state index is 11.8. The van der Waals surface area contributed by atoms with Crippen LogP contribution in [0.5, 0.6) is 11.5 Å². The second-order valence-electron chi connectivity index (χ2n) is 6.70. The Morgan fingerprint density at radius 1 is 1.14 bits per heavy atom. The zero-order chi connectivity index (χ0) is 19.7. The quantitative estimate of drug-likeness (QED) is 0.596. The molecule has 0 spiro atoms. The molecule has 1 aliphatic rings. The fraction of sp³-hybridized carbons (Fsp3) is 0.286. The molecular formula is C21H20N2O4S. The number of rotatable bonds is 6. The van der Waals surface area contributed by atoms with Gasteiger partial charge in [-0.2, -0.15) is 0 Å². The van der Waals surface area contributed by atoms with Crippen LogP contribution >= 0.6 is 11.8 Å². The molecule has 2 aromatic carbocycles. The molecule has 144 valence electrons. The third kappa shape index (κ3) is 3.75. The number of carbonyl (C=O) groups excluding carboxylic acids is 2. The Kier molecular flexibility index (Phi) is 5.09. The minimum atomic E-state index is -0.253. The maximum Gasteiger partial charge on any atom is 0.197 e. The zero-order valence-electron chi connectivity index (χ0n) is 15.7. The number of fused-ring (bicyclic) bond motifs is 1. The molecule has 0 N–H and O–H groups in total. The van der Waals surface area contributed by atoms with Crippen LogP contribution < -0.4 is 9.47 Å². The normalized spacial score (nSPS) is 16.7. The van der Waals surface area contributed by atoms with Gasteiger partial charge in [-0.1, -0.05) is 23.9 Å². The van der Waals surface area contributed by atoms with Crippen molar-refractivity contribution in [3.63, 3.8) is 0 Å². The summed E-state index contributed by atoms with van der Waals surface area (Å²) >= 11 is 1.15. The summed E-state index contributed by atoms with van der Waals surface area (Å²) in [4.78, 5) is 27.8. The number of carbonyl (C=O) groups is 2. The van der Waals surface area contributed by atoms with E-state index < -0.39 is 0 Å². The molecule has 1 atom stereocenters. The Morgan fingerprint density at radius 3 is 2.57 bits per heavy atom. The number of ether oxygens (including phenoxy) is 2. The molecule has 0 bridgehead atoms. The van der Waals surface area contributed by atoms with Crippen LogP contribution in [-0.2, 0) is 29.7 Å². The van der Waals surface area contributed by atoms with Gasteiger partial charge in [-0.25, -0.2) is 4.98 Å². The van der Waals surface area contributed by atoms with Crippen molar-refractivity contribution in [2.75, 3.05) is 7.11 Å². The molecule has 2 heterocycles. The second-order valence-corrected chi connectivity index (χ2v) is 7.96. The molecule has 28 heavy (non-hydrogen) atoms. The van der Waals surface area contributed by atoms with Crippen LogP contribution in [0.15, 0.2) is 42.5 Å². The summed E-state index contributed by atoms with van der Waals surface area (Å²) < 4.78 is 13.1. The summed E-state index contributed by atoms with van der Waals surface area (Å²) in [7, 11) is 3.60. The lowest BCUT2D eigenvalue weighted by Gasteiger charge is -2.09. The largest absolute Gasteiger partial charge is 0.497 e. The summed E-state index contributed by atoms with van der Waals surface area (Å²) in [5.74, 6) is 2.36. The van der Waals surface area contributed by atoms with Crippen molar-refractivity contribution in [2.45, 2.75) is 24.7 Å². The highest BCUT2D eigenvalue weighted by atomic mass is 32.2. The fourth-order valence-electron chi connectivity index (χ4n) is 3.24. The van der Waals surface area contributed by atoms with E-state index in [1.807, 2.05) is 54.1 Å². The first-order valence-electron chi connectivity index (χ1n) is 8.97. The van der Waals surface area contributed by atoms with E-state index in [9.17, 15) is 9.59 Å². The summed E-state index contributed by atoms with van der Waals surface area (Å²) in [6.07, 6.45) is 0.628. The van der Waals surface area contributed by atoms with E-state index in [1.54, 1.807) is 7.11 Å². The predicted octanol–water partition coefficient (Wildman–Crippen LogP) is 3.30. The molecule has 0 aliphatic carbocycles. The summed E-state index contributed by atoms with van der Waals surface area (Å²) in [5, 5.41) is -0.286. The monoisotopic (exact) mass is 396 g/mol. The van der Waals surface area contributed by atoms with Crippen molar-refractivity contribution in [1.82, 2.24) is 9.55 Å². The van der Waals surface area contributed by atoms with Gasteiger partial charge in [0.05, 0.1) is 29.8 Å². The van der Waals surface area contributed by atoms with Crippen molar-refractivity contribution in [3.8, 4) is 11.5 Å². The van der Waals surface area contributed by atoms with Gasteiger partial charge in [-0.15, -0.1) is 0 Å². The number of thioether (sulfide) groups is 1. The standard InChI is InChI=1S/C21H20N2O4S/c1-23-17-10-15(26-2)7-8-16(17)22-20(23)12-27-14-5-3-13(4-6-14)9-19-18(24)11-21(25)28-19/h3-8,10,19H,9,11-12H2,1-2H3. The number of methoxy groups -OCH3 is 1. The lowest BCUT2D eigenvalue weighted by atomic mass is 10.1. The van der Waals surface area contributed by atoms with Crippen LogP contribution in [-0.4, -0.2) is 32.8 Å². The fourth-order valence-corrected chi connectivity index (χ4v) is 4.27. The molecule has 6 nitrogen and oxygen atoms in total. The van der Waals surface area contributed by atoms with E-state index in [2.05, 4.69) is 4.98 Å². The molecule has 7 heteroatoms. The first kappa shape index (κ1) is 18.6. The van der Waals surface area contributed by atoms with Gasteiger partial charge in [0.1, 0.15) is 23.9 Å². The molecule has 1 saturated heterocycles. The molecule has 1 aliphatic heterocycles. The Balaban J connectivity index is 1.41. The average molecular weight is 396 g/mol. The highest BCUT2D eigenvalue weighted by molar-refractivity contribution is 8.15. The number of nitrogens with zero attached hydrogens (tertiary/aromatic N) is 2. The number of aryl methyl sites for hydroxylation is 1. The highest BCUT2D eigenvalue weighted by Crippen LogP contribution is 2.28. The van der Waals surface area contributed by atoms with E-state index in [0.717, 1.165) is 45.7 Å². The number of Topliss-reactive ketones (excluding diaryl/α,β-unsaturated/α-hetero) is 1. The number of hydrogen-bond donors (Lipinski definition) is 0. The third-order valence-corrected chi connectivity index (χ3v) is 5.97. The predicted molar refractivity (Wildman–Crippen MR) is 108 cm³/mol. The van der Waals surface area contributed by atoms with Crippen LogP contribution in [0.2, 0.25) is 0 Å². The first-order chi connectivity index (χ1) is 13.5. The first-order valence-corrected chi connectivity index (χ1v) is 9.85. The van der Waals surface area contributed by atoms with Crippen molar-refractivity contribution < 1.29 is 19.1 Å². The minimum Gasteiger partial charge on any atom is -0.497 e. The van der Waals surface area contributed by atoms with Crippen molar-refractivity contribution in [3.05, 3.63) is 53.9 Å². The Hall–Kier alpha value is -2.80. The molecule has 0 amide bonds. The molecule has 3 aromatic rings. The van der Waals surface area contributed by atoms with Gasteiger partial charge in [0.2, 0.25) is 0 Å². The SMILES string of the molecule is COc1ccc2nc(COc3ccc(CC4SC(=O)CC4=O)cc3)n(C)c2c1. The average Bonchev–Trinajstić information content (AvgIpc) is 3.19. The summed E-state index contributed by atoms with van der Waals surface area (Å²) in [6.45, 7) is 0.346. The van der Waals surface area contributed by atoms with Crippen LogP contribution in [0.3, 0.4) is 0 Å². The van der Waals surface area contributed by atoms with Crippen LogP contribution in [0.4, 0.5) is 0 Å². The van der Waals surface area contributed by atoms with Crippen LogP contribution in [0.1, 0.15) is 17.8 Å². The third-order valence-electron chi connectivity index (χ3n) is 4.84. The lowest BCUT2D eigenvalue weighted by molar-refractivity contribution is -0.121. The van der Waals surface area contributed by atoms with Gasteiger partial charge in [0.15, 0.2) is 10.9 Å². The van der Waals surface area contributed by atoms with E-state index in [-0.39, 0.29) is 22.6 Å². The van der Waals surface area contributed by atoms with Crippen LogP contribution in [0, 0.1) is 0 Å². The summed E-state index contributed by atoms with van der Waals surface area (Å²) in [5.41, 5.74) is 2.90. The Labute approximate surface area is 166 Å². The van der Waals surface area contributed by atoms with Gasteiger partial charge in [0, 0.05) is 13.1 Å². The molecule has 0 radical (unpaired) electrons. The lowest BCUT2D eigenvalue weighted by Crippen LogP contribution is -2.13. The van der Waals surface area contributed by atoms with Gasteiger partial charge < -0.3 is 14.0 Å². The summed E-state index contributed by atoms with van der Waals surface area (Å²) in [6, 6.07) is 13.4. The van der Waals surface area contributed by atoms with E-state index >= 15 is 0 Å². The number of benzene rings is 2. The smallest absolute Gasteiger partial charge is 0.197 e. The van der Waals surface area contributed by atoms with Crippen LogP contribution in [0.25, 0.3) is 11.0 Å². The molecule has 4 rings (SSSR count). The Bertz CT molecular complexity index is 1040. The van der Waals surface area contributed by atoms with Gasteiger partial charge in [-0.3, -0.25) is 9.59 Å². The van der Waals surface area contributed by atoms with Gasteiger partial charge in [0.25, 0.3) is 0 Å². The van der Waals surface area contributed by atoms with E-state index in [4.69, 9.17) is 9.47 Å². The molecule has 1 fully saturated rings. The molecular weight excluding hydrogens is 376 g/mol. The van der Waals surface area contributed by atoms with Gasteiger partial charge in [-0.05, 0) is 36.2 Å². The second kappa shape index (κ2) is 7.67. The van der Waals surface area contributed by atoms with Crippen molar-refractivity contribution in [1.29, 1.82) is 0 Å². The molecule has 1 aromatic heterocycles. The highest BCUT2D eigenvalue weighted by Gasteiger charge is 2.31. The maximum absolute atomic E-state index is 11.8. The van der Waals surface area contributed by atoms with Gasteiger partial charge >= 0.3 is 0 Å². The van der Waals surface area contributed by atoms with E-state index in [1.165, 1.54) is 0 Å². The number of aromatic nitrogens is 2. The van der Waals surface area contributed by atoms with Crippen molar-refractivity contribution >= 4 is 33.7 Å². The number of ketones is 1. The topological polar surface area (TPSA) is 70.4 Å². The number of imidazole rings is 1. The molecule has 1 unspecified atom stereocenters. The zero-order valence-corrected chi connectivity index (χ0v) is 16.5. The van der Waals surface area contributed by atoms with E-state index in [0.29, 0.717) is 13.0 Å².